The van der Waals surface area contributed by atoms with Crippen LogP contribution in [0.3, 0.4) is 0 Å². The monoisotopic (exact) mass is 133 g/mol. The zero-order valence-corrected chi connectivity index (χ0v) is 5.08. The number of ether oxygens (including phenoxy) is 1. The van der Waals surface area contributed by atoms with Crippen molar-refractivity contribution in [1.29, 1.82) is 0 Å². The molecule has 0 aromatic rings. The highest BCUT2D eigenvalue weighted by Gasteiger charge is 2.16. The fraction of sp³-hybridized carbons (Fsp3) is 1.00. The van der Waals surface area contributed by atoms with Crippen LogP contribution in [0.2, 0.25) is 0 Å². The highest BCUT2D eigenvalue weighted by molar-refractivity contribution is 4.62. The van der Waals surface area contributed by atoms with E-state index in [0.717, 1.165) is 6.54 Å². The quantitative estimate of drug-likeness (QED) is 0.407. The molecule has 1 unspecified atom stereocenters. The fourth-order valence-electron chi connectivity index (χ4n) is 0.823. The Bertz CT molecular complexity index is 80.3. The summed E-state index contributed by atoms with van der Waals surface area (Å²) in [4.78, 5) is 0. The van der Waals surface area contributed by atoms with Crippen LogP contribution in [-0.4, -0.2) is 35.9 Å². The third kappa shape index (κ3) is 2.28. The molecule has 54 valence electrons. The molecule has 0 saturated carbocycles. The molecule has 0 radical (unpaired) electrons. The lowest BCUT2D eigenvalue weighted by Gasteiger charge is -2.09. The minimum atomic E-state index is -1.26. The molecule has 0 aromatic heterocycles. The normalized spacial score (nSPS) is 27.7. The maximum Gasteiger partial charge on any atom is 0.155 e. The molecule has 1 aliphatic heterocycles. The molecule has 9 heavy (non-hydrogen) atoms. The second kappa shape index (κ2) is 3.12. The predicted octanol–water partition coefficient (Wildman–Crippen LogP) is -1.37. The number of hydrogen-bond acceptors (Lipinski definition) is 4. The molecular formula is C5H11NO3. The van der Waals surface area contributed by atoms with E-state index in [-0.39, 0.29) is 12.6 Å². The van der Waals surface area contributed by atoms with Crippen molar-refractivity contribution in [1.82, 2.24) is 5.32 Å². The minimum Gasteiger partial charge on any atom is -0.368 e. The number of aliphatic hydroxyl groups excluding tert-OH is 1. The van der Waals surface area contributed by atoms with Crippen molar-refractivity contribution in [2.45, 2.75) is 18.9 Å². The lowest BCUT2D eigenvalue weighted by molar-refractivity contribution is -0.0762. The molecule has 1 fully saturated rings. The average molecular weight is 133 g/mol. The zero-order valence-electron chi connectivity index (χ0n) is 5.08. The van der Waals surface area contributed by atoms with Gasteiger partial charge in [0.15, 0.2) is 6.29 Å². The lowest BCUT2D eigenvalue weighted by atomic mass is 10.4. The van der Waals surface area contributed by atoms with Crippen LogP contribution in [0.1, 0.15) is 6.42 Å². The minimum absolute atomic E-state index is 0.162. The van der Waals surface area contributed by atoms with Crippen molar-refractivity contribution < 1.29 is 14.9 Å². The first-order valence-electron chi connectivity index (χ1n) is 3.00. The first-order valence-corrected chi connectivity index (χ1v) is 3.00. The van der Waals surface area contributed by atoms with Crippen LogP contribution in [0.5, 0.6) is 0 Å². The smallest absolute Gasteiger partial charge is 0.155 e. The van der Waals surface area contributed by atoms with Crippen LogP contribution in [-0.2, 0) is 4.74 Å². The van der Waals surface area contributed by atoms with E-state index in [0.29, 0.717) is 6.61 Å². The lowest BCUT2D eigenvalue weighted by Crippen LogP contribution is -2.27. The second-order valence-corrected chi connectivity index (χ2v) is 2.03. The zero-order chi connectivity index (χ0) is 6.69. The van der Waals surface area contributed by atoms with Crippen molar-refractivity contribution in [3.63, 3.8) is 0 Å². The second-order valence-electron chi connectivity index (χ2n) is 2.03. The molecule has 1 heterocycles. The topological polar surface area (TPSA) is 61.7 Å². The summed E-state index contributed by atoms with van der Waals surface area (Å²) >= 11 is 0. The average Bonchev–Trinajstić information content (AvgIpc) is 2.15. The molecule has 1 rings (SSSR count). The molecule has 0 bridgehead atoms. The van der Waals surface area contributed by atoms with Gasteiger partial charge in [-0.25, -0.2) is 0 Å². The summed E-state index contributed by atoms with van der Waals surface area (Å²) in [5, 5.41) is 19.8. The number of rotatable bonds is 2. The Labute approximate surface area is 53.4 Å². The van der Waals surface area contributed by atoms with E-state index in [1.165, 1.54) is 0 Å². The van der Waals surface area contributed by atoms with E-state index in [2.05, 4.69) is 5.32 Å². The Balaban J connectivity index is 2.11. The summed E-state index contributed by atoms with van der Waals surface area (Å²) in [7, 11) is 0. The van der Waals surface area contributed by atoms with Crippen LogP contribution < -0.4 is 5.32 Å². The van der Waals surface area contributed by atoms with Crippen molar-refractivity contribution in [2.75, 3.05) is 13.2 Å². The van der Waals surface area contributed by atoms with Gasteiger partial charge in [0.1, 0.15) is 6.23 Å². The molecule has 0 amide bonds. The van der Waals surface area contributed by atoms with Gasteiger partial charge in [-0.3, -0.25) is 5.32 Å². The first-order chi connectivity index (χ1) is 4.29. The van der Waals surface area contributed by atoms with Crippen LogP contribution in [0, 0.1) is 0 Å². The van der Waals surface area contributed by atoms with Gasteiger partial charge in [0.25, 0.3) is 0 Å². The van der Waals surface area contributed by atoms with Gasteiger partial charge in [0.2, 0.25) is 0 Å². The first kappa shape index (κ1) is 6.95. The molecular weight excluding hydrogens is 122 g/mol. The van der Waals surface area contributed by atoms with Crippen molar-refractivity contribution in [3.8, 4) is 0 Å². The Kier molecular flexibility index (Phi) is 2.41. The molecule has 0 spiro atoms. The summed E-state index contributed by atoms with van der Waals surface area (Å²) in [6.45, 7) is 1.47. The highest BCUT2D eigenvalue weighted by Crippen LogP contribution is 2.01. The molecule has 4 heteroatoms. The van der Waals surface area contributed by atoms with E-state index in [4.69, 9.17) is 14.9 Å². The van der Waals surface area contributed by atoms with Gasteiger partial charge >= 0.3 is 0 Å². The van der Waals surface area contributed by atoms with Crippen LogP contribution in [0.25, 0.3) is 0 Å². The van der Waals surface area contributed by atoms with E-state index >= 15 is 0 Å². The van der Waals surface area contributed by atoms with Crippen LogP contribution >= 0.6 is 0 Å². The highest BCUT2D eigenvalue weighted by atomic mass is 16.5. The standard InChI is InChI=1S/C5H11NO3/c7-5(8)3-4-6-1-2-9-4/h4-8H,1-3H2. The van der Waals surface area contributed by atoms with Crippen molar-refractivity contribution in [2.24, 2.45) is 0 Å². The summed E-state index contributed by atoms with van der Waals surface area (Å²) in [6, 6.07) is 0. The molecule has 0 aliphatic carbocycles. The number of aliphatic hydroxyl groups is 2. The summed E-state index contributed by atoms with van der Waals surface area (Å²) < 4.78 is 5.03. The van der Waals surface area contributed by atoms with Crippen molar-refractivity contribution >= 4 is 0 Å². The van der Waals surface area contributed by atoms with Gasteiger partial charge in [-0.05, 0) is 0 Å². The van der Waals surface area contributed by atoms with E-state index in [1.807, 2.05) is 0 Å². The third-order valence-corrected chi connectivity index (χ3v) is 1.22. The van der Waals surface area contributed by atoms with Gasteiger partial charge < -0.3 is 14.9 Å². The largest absolute Gasteiger partial charge is 0.368 e. The van der Waals surface area contributed by atoms with Crippen molar-refractivity contribution in [3.05, 3.63) is 0 Å². The predicted molar refractivity (Wildman–Crippen MR) is 30.6 cm³/mol. The number of nitrogens with one attached hydrogen (secondary N) is 1. The number of hydrogen-bond donors (Lipinski definition) is 3. The Morgan fingerprint density at radius 3 is 2.89 bits per heavy atom. The molecule has 1 atom stereocenters. The van der Waals surface area contributed by atoms with Crippen LogP contribution in [0.4, 0.5) is 0 Å². The Morgan fingerprint density at radius 2 is 2.44 bits per heavy atom. The summed E-state index contributed by atoms with van der Waals surface area (Å²) in [5.41, 5.74) is 0. The van der Waals surface area contributed by atoms with Gasteiger partial charge in [0.05, 0.1) is 6.61 Å². The Hall–Kier alpha value is -0.160. The molecule has 3 N–H and O–H groups in total. The maximum atomic E-state index is 8.45. The molecule has 0 aromatic carbocycles. The maximum absolute atomic E-state index is 8.45. The third-order valence-electron chi connectivity index (χ3n) is 1.22. The SMILES string of the molecule is OC(O)CC1NCCO1. The van der Waals surface area contributed by atoms with Gasteiger partial charge in [0, 0.05) is 13.0 Å². The van der Waals surface area contributed by atoms with Crippen LogP contribution in [0.15, 0.2) is 0 Å². The van der Waals surface area contributed by atoms with Gasteiger partial charge in [-0.15, -0.1) is 0 Å². The fourth-order valence-corrected chi connectivity index (χ4v) is 0.823. The van der Waals surface area contributed by atoms with E-state index in [9.17, 15) is 0 Å². The summed E-state index contributed by atoms with van der Waals surface area (Å²) in [6.07, 6.45) is -1.18. The summed E-state index contributed by atoms with van der Waals surface area (Å²) in [5.74, 6) is 0. The van der Waals surface area contributed by atoms with Gasteiger partial charge in [-0.2, -0.15) is 0 Å². The van der Waals surface area contributed by atoms with Gasteiger partial charge in [-0.1, -0.05) is 0 Å². The Morgan fingerprint density at radius 1 is 1.67 bits per heavy atom. The molecule has 4 nitrogen and oxygen atoms in total. The molecule has 1 saturated heterocycles. The van der Waals surface area contributed by atoms with E-state index in [1.54, 1.807) is 0 Å². The van der Waals surface area contributed by atoms with E-state index < -0.39 is 6.29 Å². The molecule has 1 aliphatic rings.